The number of nitrogens with one attached hydrogen (secondary N) is 1. The minimum atomic E-state index is -1.12. The Morgan fingerprint density at radius 3 is 1.95 bits per heavy atom. The summed E-state index contributed by atoms with van der Waals surface area (Å²) in [6.07, 6.45) is 21.2. The van der Waals surface area contributed by atoms with Crippen LogP contribution in [0.4, 0.5) is 0 Å². The molecule has 198 valence electrons. The number of ketones is 2. The molecule has 0 saturated carbocycles. The van der Waals surface area contributed by atoms with Gasteiger partial charge < -0.3 is 5.32 Å². The van der Waals surface area contributed by atoms with E-state index in [1.54, 1.807) is 26.0 Å². The minimum Gasteiger partial charge on any atom is -0.329 e. The van der Waals surface area contributed by atoms with Crippen LogP contribution in [0.1, 0.15) is 63.9 Å². The molecule has 0 bridgehead atoms. The van der Waals surface area contributed by atoms with Crippen molar-refractivity contribution in [2.45, 2.75) is 54.9 Å². The van der Waals surface area contributed by atoms with Crippen molar-refractivity contribution in [1.29, 1.82) is 0 Å². The van der Waals surface area contributed by atoms with E-state index in [4.69, 9.17) is 0 Å². The fraction of sp³-hybridized carbons (Fsp3) is 0.364. The molecule has 1 amide bonds. The van der Waals surface area contributed by atoms with E-state index >= 15 is 0 Å². The number of Topliss-reactive ketones (excluding diaryl/α,β-unsaturated/α-hetero) is 2. The molecule has 0 saturated heterocycles. The molecule has 0 heterocycles. The van der Waals surface area contributed by atoms with Crippen molar-refractivity contribution in [3.05, 3.63) is 108 Å². The summed E-state index contributed by atoms with van der Waals surface area (Å²) in [6, 6.07) is 7.29. The molecule has 0 spiro atoms. The van der Waals surface area contributed by atoms with Gasteiger partial charge in [-0.05, 0) is 13.0 Å². The molecule has 0 radical (unpaired) electrons. The van der Waals surface area contributed by atoms with Crippen molar-refractivity contribution < 1.29 is 14.4 Å². The van der Waals surface area contributed by atoms with Gasteiger partial charge in [0.15, 0.2) is 5.78 Å². The Balaban J connectivity index is 0.00000163. The van der Waals surface area contributed by atoms with Crippen LogP contribution in [-0.2, 0) is 9.59 Å². The monoisotopic (exact) mass is 501 g/mol. The topological polar surface area (TPSA) is 63.2 Å². The molecule has 1 aromatic carbocycles. The van der Waals surface area contributed by atoms with E-state index in [0.29, 0.717) is 17.7 Å². The van der Waals surface area contributed by atoms with Crippen LogP contribution in [0.2, 0.25) is 0 Å². The number of allylic oxidation sites excluding steroid dienone is 11. The van der Waals surface area contributed by atoms with Gasteiger partial charge in [0, 0.05) is 29.5 Å². The van der Waals surface area contributed by atoms with E-state index < -0.39 is 29.6 Å². The predicted molar refractivity (Wildman–Crippen MR) is 155 cm³/mol. The van der Waals surface area contributed by atoms with Crippen LogP contribution in [0.25, 0.3) is 0 Å². The Kier molecular flexibility index (Phi) is 14.5. The second-order valence-electron chi connectivity index (χ2n) is 8.72. The lowest BCUT2D eigenvalue weighted by Crippen LogP contribution is -2.46. The highest BCUT2D eigenvalue weighted by Crippen LogP contribution is 2.32. The molecule has 0 fully saturated rings. The third kappa shape index (κ3) is 9.45. The lowest BCUT2D eigenvalue weighted by atomic mass is 9.72. The van der Waals surface area contributed by atoms with Crippen LogP contribution in [0.15, 0.2) is 96.8 Å². The van der Waals surface area contributed by atoms with Crippen molar-refractivity contribution >= 4 is 17.5 Å². The maximum Gasteiger partial charge on any atom is 0.235 e. The Morgan fingerprint density at radius 1 is 0.811 bits per heavy atom. The van der Waals surface area contributed by atoms with Gasteiger partial charge in [-0.15, -0.1) is 0 Å². The average molecular weight is 502 g/mol. The van der Waals surface area contributed by atoms with Gasteiger partial charge >= 0.3 is 0 Å². The third-order valence-corrected chi connectivity index (χ3v) is 5.85. The van der Waals surface area contributed by atoms with E-state index in [9.17, 15) is 14.4 Å². The zero-order chi connectivity index (χ0) is 27.8. The number of carbonyl (C=O) groups excluding carboxylic acids is 3. The summed E-state index contributed by atoms with van der Waals surface area (Å²) < 4.78 is 0. The Bertz CT molecular complexity index is 1050. The van der Waals surface area contributed by atoms with Crippen molar-refractivity contribution in [1.82, 2.24) is 5.32 Å². The van der Waals surface area contributed by atoms with Crippen molar-refractivity contribution in [3.63, 3.8) is 0 Å². The van der Waals surface area contributed by atoms with Gasteiger partial charge in [0.25, 0.3) is 0 Å². The molecule has 4 heteroatoms. The molecule has 2 unspecified atom stereocenters. The second kappa shape index (κ2) is 17.0. The first-order valence-electron chi connectivity index (χ1n) is 13.4. The molecule has 0 aromatic heterocycles. The van der Waals surface area contributed by atoms with Crippen molar-refractivity contribution in [2.75, 3.05) is 0 Å². The largest absolute Gasteiger partial charge is 0.329 e. The zero-order valence-electron chi connectivity index (χ0n) is 23.4. The summed E-state index contributed by atoms with van der Waals surface area (Å²) in [5.41, 5.74) is 2.23. The Labute approximate surface area is 223 Å². The molecule has 0 aliphatic heterocycles. The number of hydrogen-bond acceptors (Lipinski definition) is 3. The standard InChI is InChI=1S/C29H31NO3.2C2H6/c1-20(2)27(31)26(29(33)30-24-14-10-6-7-11-15-24)25(22-12-8-4-5-9-13-22)28(32)23-18-16-21(3)17-19-23;2*1-2/h4-14,16-20,22,25-26H,15H2,1-3H3,(H,30,33);2*1-2H3. The van der Waals surface area contributed by atoms with Gasteiger partial charge in [0.05, 0.1) is 5.92 Å². The van der Waals surface area contributed by atoms with Gasteiger partial charge in [-0.1, -0.05) is 132 Å². The SMILES string of the molecule is CC.CC.Cc1ccc(C(=O)C(C2C=CC=CC=C2)C(C(=O)NC2=CC=CC=CC2)C(=O)C(C)C)cc1. The average Bonchev–Trinajstić information content (AvgIpc) is 3.34. The molecular weight excluding hydrogens is 458 g/mol. The highest BCUT2D eigenvalue weighted by Gasteiger charge is 2.43. The summed E-state index contributed by atoms with van der Waals surface area (Å²) in [7, 11) is 0. The van der Waals surface area contributed by atoms with E-state index in [-0.39, 0.29) is 11.6 Å². The lowest BCUT2D eigenvalue weighted by Gasteiger charge is -2.30. The summed E-state index contributed by atoms with van der Waals surface area (Å²) >= 11 is 0. The van der Waals surface area contributed by atoms with Gasteiger partial charge in [-0.2, -0.15) is 0 Å². The molecule has 2 aliphatic rings. The molecule has 2 aliphatic carbocycles. The smallest absolute Gasteiger partial charge is 0.235 e. The number of amides is 1. The van der Waals surface area contributed by atoms with Gasteiger partial charge in [-0.3, -0.25) is 14.4 Å². The number of carbonyl (C=O) groups is 3. The third-order valence-electron chi connectivity index (χ3n) is 5.85. The molecule has 2 atom stereocenters. The molecule has 37 heavy (non-hydrogen) atoms. The van der Waals surface area contributed by atoms with E-state index in [0.717, 1.165) is 5.56 Å². The summed E-state index contributed by atoms with van der Waals surface area (Å²) in [5, 5.41) is 2.93. The predicted octanol–water partition coefficient (Wildman–Crippen LogP) is 7.50. The van der Waals surface area contributed by atoms with Crippen LogP contribution in [-0.4, -0.2) is 17.5 Å². The summed E-state index contributed by atoms with van der Waals surface area (Å²) in [6.45, 7) is 13.5. The zero-order valence-corrected chi connectivity index (χ0v) is 23.4. The van der Waals surface area contributed by atoms with Crippen LogP contribution in [0, 0.1) is 30.6 Å². The van der Waals surface area contributed by atoms with Crippen molar-refractivity contribution in [2.24, 2.45) is 23.7 Å². The quantitative estimate of drug-likeness (QED) is 0.296. The van der Waals surface area contributed by atoms with Gasteiger partial charge in [0.1, 0.15) is 11.7 Å². The fourth-order valence-corrected chi connectivity index (χ4v) is 4.01. The molecule has 1 aromatic rings. The Hall–Kier alpha value is -3.53. The maximum absolute atomic E-state index is 13.8. The van der Waals surface area contributed by atoms with Crippen LogP contribution < -0.4 is 5.32 Å². The first-order valence-corrected chi connectivity index (χ1v) is 13.4. The second-order valence-corrected chi connectivity index (χ2v) is 8.72. The Morgan fingerprint density at radius 2 is 1.38 bits per heavy atom. The summed E-state index contributed by atoms with van der Waals surface area (Å²) in [5.74, 6) is -3.64. The fourth-order valence-electron chi connectivity index (χ4n) is 4.01. The van der Waals surface area contributed by atoms with E-state index in [2.05, 4.69) is 5.32 Å². The van der Waals surface area contributed by atoms with Crippen LogP contribution in [0.3, 0.4) is 0 Å². The minimum absolute atomic E-state index is 0.208. The molecule has 1 N–H and O–H groups in total. The highest BCUT2D eigenvalue weighted by molar-refractivity contribution is 6.10. The number of benzene rings is 1. The highest BCUT2D eigenvalue weighted by atomic mass is 16.2. The number of aryl methyl sites for hydroxylation is 1. The first-order chi connectivity index (χ1) is 17.9. The summed E-state index contributed by atoms with van der Waals surface area (Å²) in [4.78, 5) is 40.9. The first kappa shape index (κ1) is 31.5. The number of rotatable bonds is 8. The lowest BCUT2D eigenvalue weighted by molar-refractivity contribution is -0.137. The van der Waals surface area contributed by atoms with Gasteiger partial charge in [-0.25, -0.2) is 0 Å². The van der Waals surface area contributed by atoms with Crippen LogP contribution >= 0.6 is 0 Å². The van der Waals surface area contributed by atoms with Gasteiger partial charge in [0.2, 0.25) is 5.91 Å². The normalized spacial score (nSPS) is 15.7. The van der Waals surface area contributed by atoms with E-state index in [1.807, 2.05) is 114 Å². The van der Waals surface area contributed by atoms with Crippen LogP contribution in [0.5, 0.6) is 0 Å². The molecular formula is C33H43NO3. The molecule has 3 rings (SSSR count). The number of hydrogen-bond donors (Lipinski definition) is 1. The molecule has 4 nitrogen and oxygen atoms in total. The maximum atomic E-state index is 13.8. The van der Waals surface area contributed by atoms with E-state index in [1.165, 1.54) is 0 Å². The van der Waals surface area contributed by atoms with Crippen molar-refractivity contribution in [3.8, 4) is 0 Å².